The summed E-state index contributed by atoms with van der Waals surface area (Å²) in [6, 6.07) is 0. The van der Waals surface area contributed by atoms with E-state index in [1.165, 1.54) is 13.5 Å². The summed E-state index contributed by atoms with van der Waals surface area (Å²) in [5.41, 5.74) is 0. The van der Waals surface area contributed by atoms with Crippen molar-refractivity contribution in [3.8, 4) is 0 Å². The maximum Gasteiger partial charge on any atom is 0.338 e. The maximum absolute atomic E-state index is 12.5. The summed E-state index contributed by atoms with van der Waals surface area (Å²) in [5, 5.41) is 0. The standard InChI is InChI=1S/C19H34O6/c1-4-6-13-23-18(20)16(22-3)17(19(21)24-14-7-5-2)25-15-11-9-8-10-12-15/h15-17H,4-14H2,1-3H3. The number of rotatable bonds is 12. The molecule has 1 aliphatic carbocycles. The predicted molar refractivity (Wildman–Crippen MR) is 94.3 cm³/mol. The summed E-state index contributed by atoms with van der Waals surface area (Å²) in [7, 11) is 1.39. The fourth-order valence-corrected chi connectivity index (χ4v) is 2.80. The molecule has 0 aromatic heterocycles. The second-order valence-corrected chi connectivity index (χ2v) is 6.52. The van der Waals surface area contributed by atoms with Crippen LogP contribution in [0.2, 0.25) is 0 Å². The minimum Gasteiger partial charge on any atom is -0.464 e. The van der Waals surface area contributed by atoms with Crippen molar-refractivity contribution in [1.82, 2.24) is 0 Å². The van der Waals surface area contributed by atoms with Gasteiger partial charge < -0.3 is 18.9 Å². The van der Waals surface area contributed by atoms with Crippen LogP contribution >= 0.6 is 0 Å². The Morgan fingerprint density at radius 1 is 0.880 bits per heavy atom. The van der Waals surface area contributed by atoms with Gasteiger partial charge in [-0.15, -0.1) is 0 Å². The fraction of sp³-hybridized carbons (Fsp3) is 0.895. The van der Waals surface area contributed by atoms with Gasteiger partial charge in [-0.05, 0) is 25.7 Å². The first-order valence-corrected chi connectivity index (χ1v) is 9.65. The highest BCUT2D eigenvalue weighted by molar-refractivity contribution is 5.85. The first kappa shape index (κ1) is 21.9. The summed E-state index contributed by atoms with van der Waals surface area (Å²) in [6.45, 7) is 4.67. The van der Waals surface area contributed by atoms with E-state index in [0.29, 0.717) is 13.2 Å². The fourth-order valence-electron chi connectivity index (χ4n) is 2.80. The van der Waals surface area contributed by atoms with Gasteiger partial charge in [0, 0.05) is 7.11 Å². The molecule has 1 rings (SSSR count). The van der Waals surface area contributed by atoms with Crippen LogP contribution in [0.4, 0.5) is 0 Å². The third-order valence-electron chi connectivity index (χ3n) is 4.37. The van der Waals surface area contributed by atoms with E-state index >= 15 is 0 Å². The van der Waals surface area contributed by atoms with E-state index in [2.05, 4.69) is 0 Å². The van der Waals surface area contributed by atoms with Gasteiger partial charge >= 0.3 is 11.9 Å². The topological polar surface area (TPSA) is 71.1 Å². The van der Waals surface area contributed by atoms with E-state index in [4.69, 9.17) is 18.9 Å². The van der Waals surface area contributed by atoms with Gasteiger partial charge in [-0.3, -0.25) is 0 Å². The van der Waals surface area contributed by atoms with E-state index in [9.17, 15) is 9.59 Å². The maximum atomic E-state index is 12.5. The molecule has 0 spiro atoms. The molecule has 0 saturated heterocycles. The molecule has 146 valence electrons. The Hall–Kier alpha value is -1.14. The Bertz CT molecular complexity index is 378. The largest absolute Gasteiger partial charge is 0.464 e. The van der Waals surface area contributed by atoms with Gasteiger partial charge in [-0.1, -0.05) is 46.0 Å². The SMILES string of the molecule is CCCCOC(=O)C(OC)C(OC1CCCCC1)C(=O)OCCCC. The second kappa shape index (κ2) is 13.1. The molecule has 1 fully saturated rings. The summed E-state index contributed by atoms with van der Waals surface area (Å²) < 4.78 is 21.8. The van der Waals surface area contributed by atoms with Crippen molar-refractivity contribution in [2.75, 3.05) is 20.3 Å². The number of hydrogen-bond acceptors (Lipinski definition) is 6. The van der Waals surface area contributed by atoms with Crippen LogP contribution in [-0.2, 0) is 28.5 Å². The van der Waals surface area contributed by atoms with Crippen molar-refractivity contribution in [3.63, 3.8) is 0 Å². The van der Waals surface area contributed by atoms with Crippen molar-refractivity contribution < 1.29 is 28.5 Å². The number of carbonyl (C=O) groups excluding carboxylic acids is 2. The Morgan fingerprint density at radius 2 is 1.40 bits per heavy atom. The van der Waals surface area contributed by atoms with Crippen LogP contribution in [-0.4, -0.2) is 50.6 Å². The van der Waals surface area contributed by atoms with Gasteiger partial charge in [0.15, 0.2) is 12.2 Å². The second-order valence-electron chi connectivity index (χ2n) is 6.52. The first-order chi connectivity index (χ1) is 12.1. The van der Waals surface area contributed by atoms with Gasteiger partial charge in [0.1, 0.15) is 0 Å². The molecule has 0 aromatic rings. The quantitative estimate of drug-likeness (QED) is 0.393. The number of methoxy groups -OCH3 is 1. The number of carbonyl (C=O) groups is 2. The molecule has 6 heteroatoms. The van der Waals surface area contributed by atoms with Crippen LogP contribution in [0.25, 0.3) is 0 Å². The van der Waals surface area contributed by atoms with Gasteiger partial charge in [0.25, 0.3) is 0 Å². The lowest BCUT2D eigenvalue weighted by atomic mass is 9.97. The molecular weight excluding hydrogens is 324 g/mol. The molecule has 2 atom stereocenters. The number of hydrogen-bond donors (Lipinski definition) is 0. The Morgan fingerprint density at radius 3 is 1.88 bits per heavy atom. The summed E-state index contributed by atoms with van der Waals surface area (Å²) in [4.78, 5) is 24.8. The highest BCUT2D eigenvalue weighted by atomic mass is 16.6. The molecule has 0 aliphatic heterocycles. The van der Waals surface area contributed by atoms with Crippen molar-refractivity contribution in [3.05, 3.63) is 0 Å². The normalized spacial score (nSPS) is 17.7. The average molecular weight is 358 g/mol. The van der Waals surface area contributed by atoms with E-state index in [1.54, 1.807) is 0 Å². The van der Waals surface area contributed by atoms with Gasteiger partial charge in [0.05, 0.1) is 19.3 Å². The number of esters is 2. The molecule has 0 bridgehead atoms. The van der Waals surface area contributed by atoms with Gasteiger partial charge in [-0.2, -0.15) is 0 Å². The number of unbranched alkanes of at least 4 members (excludes halogenated alkanes) is 2. The molecule has 0 amide bonds. The first-order valence-electron chi connectivity index (χ1n) is 9.65. The average Bonchev–Trinajstić information content (AvgIpc) is 2.62. The van der Waals surface area contributed by atoms with Gasteiger partial charge in [0.2, 0.25) is 0 Å². The third-order valence-corrected chi connectivity index (χ3v) is 4.37. The van der Waals surface area contributed by atoms with E-state index in [1.807, 2.05) is 13.8 Å². The van der Waals surface area contributed by atoms with Crippen LogP contribution in [0.15, 0.2) is 0 Å². The molecule has 1 aliphatic rings. The van der Waals surface area contributed by atoms with E-state index in [-0.39, 0.29) is 6.10 Å². The summed E-state index contributed by atoms with van der Waals surface area (Å²) in [5.74, 6) is -1.11. The molecule has 25 heavy (non-hydrogen) atoms. The summed E-state index contributed by atoms with van der Waals surface area (Å²) >= 11 is 0. The minimum absolute atomic E-state index is 0.0430. The van der Waals surface area contributed by atoms with Gasteiger partial charge in [-0.25, -0.2) is 9.59 Å². The lowest BCUT2D eigenvalue weighted by Gasteiger charge is -2.29. The van der Waals surface area contributed by atoms with E-state index < -0.39 is 24.1 Å². The zero-order valence-electron chi connectivity index (χ0n) is 16.0. The number of ether oxygens (including phenoxy) is 4. The van der Waals surface area contributed by atoms with Crippen molar-refractivity contribution in [2.24, 2.45) is 0 Å². The highest BCUT2D eigenvalue weighted by Crippen LogP contribution is 2.23. The Balaban J connectivity index is 2.73. The van der Waals surface area contributed by atoms with Crippen molar-refractivity contribution in [2.45, 2.75) is 89.9 Å². The molecular formula is C19H34O6. The van der Waals surface area contributed by atoms with Crippen LogP contribution in [0.1, 0.15) is 71.6 Å². The van der Waals surface area contributed by atoms with Crippen LogP contribution in [0.5, 0.6) is 0 Å². The minimum atomic E-state index is -1.09. The van der Waals surface area contributed by atoms with E-state index in [0.717, 1.165) is 51.4 Å². The van der Waals surface area contributed by atoms with Crippen molar-refractivity contribution >= 4 is 11.9 Å². The summed E-state index contributed by atoms with van der Waals surface area (Å²) in [6.07, 6.45) is 6.29. The lowest BCUT2D eigenvalue weighted by Crippen LogP contribution is -2.47. The smallest absolute Gasteiger partial charge is 0.338 e. The molecule has 1 saturated carbocycles. The monoisotopic (exact) mass is 358 g/mol. The van der Waals surface area contributed by atoms with Crippen LogP contribution in [0.3, 0.4) is 0 Å². The third kappa shape index (κ3) is 8.19. The predicted octanol–water partition coefficient (Wildman–Crippen LogP) is 3.41. The zero-order valence-corrected chi connectivity index (χ0v) is 16.0. The molecule has 0 N–H and O–H groups in total. The molecule has 0 heterocycles. The van der Waals surface area contributed by atoms with Crippen LogP contribution < -0.4 is 0 Å². The molecule has 0 radical (unpaired) electrons. The zero-order chi connectivity index (χ0) is 18.5. The highest BCUT2D eigenvalue weighted by Gasteiger charge is 2.39. The van der Waals surface area contributed by atoms with Crippen molar-refractivity contribution in [1.29, 1.82) is 0 Å². The Kier molecular flexibility index (Phi) is 11.5. The lowest BCUT2D eigenvalue weighted by molar-refractivity contribution is -0.187. The molecule has 6 nitrogen and oxygen atoms in total. The van der Waals surface area contributed by atoms with Crippen LogP contribution in [0, 0.1) is 0 Å². The molecule has 0 aromatic carbocycles. The Labute approximate surface area is 151 Å². The molecule has 2 unspecified atom stereocenters.